The maximum Gasteiger partial charge on any atom is 0.226 e. The quantitative estimate of drug-likeness (QED) is 0.477. The van der Waals surface area contributed by atoms with E-state index in [4.69, 9.17) is 18.9 Å². The fourth-order valence-electron chi connectivity index (χ4n) is 3.45. The van der Waals surface area contributed by atoms with Gasteiger partial charge in [0.1, 0.15) is 12.5 Å². The normalized spacial score (nSPS) is 12.6. The molecule has 30 heavy (non-hydrogen) atoms. The highest BCUT2D eigenvalue weighted by molar-refractivity contribution is 5.63. The molecule has 0 aliphatic heterocycles. The van der Waals surface area contributed by atoms with E-state index < -0.39 is 5.41 Å². The molecule has 0 saturated heterocycles. The van der Waals surface area contributed by atoms with Gasteiger partial charge < -0.3 is 18.7 Å². The van der Waals surface area contributed by atoms with Crippen LogP contribution >= 0.6 is 0 Å². The fourth-order valence-corrected chi connectivity index (χ4v) is 3.45. The van der Waals surface area contributed by atoms with Crippen LogP contribution in [0, 0.1) is 12.3 Å². The summed E-state index contributed by atoms with van der Waals surface area (Å²) in [6.07, 6.45) is 4.28. The Hall–Kier alpha value is -3.15. The third kappa shape index (κ3) is 4.37. The van der Waals surface area contributed by atoms with E-state index in [0.717, 1.165) is 23.1 Å². The number of ether oxygens (including phenoxy) is 2. The zero-order valence-electron chi connectivity index (χ0n) is 18.3. The van der Waals surface area contributed by atoms with Crippen LogP contribution in [0.5, 0.6) is 11.5 Å². The Kier molecular flexibility index (Phi) is 6.25. The Balaban J connectivity index is 2.05. The van der Waals surface area contributed by atoms with Crippen molar-refractivity contribution in [2.45, 2.75) is 46.6 Å². The molecule has 6 nitrogen and oxygen atoms in total. The first-order chi connectivity index (χ1) is 14.3. The Labute approximate surface area is 177 Å². The van der Waals surface area contributed by atoms with E-state index >= 15 is 0 Å². The van der Waals surface area contributed by atoms with Gasteiger partial charge in [-0.15, -0.1) is 0 Å². The summed E-state index contributed by atoms with van der Waals surface area (Å²) in [6, 6.07) is 9.41. The fraction of sp³-hybridized carbons (Fsp3) is 0.375. The average molecular weight is 408 g/mol. The van der Waals surface area contributed by atoms with Crippen molar-refractivity contribution in [1.82, 2.24) is 9.97 Å². The molecule has 1 atom stereocenters. The number of rotatable bonds is 8. The second kappa shape index (κ2) is 8.69. The smallest absolute Gasteiger partial charge is 0.226 e. The predicted molar refractivity (Wildman–Crippen MR) is 115 cm³/mol. The van der Waals surface area contributed by atoms with Crippen molar-refractivity contribution in [1.29, 1.82) is 0 Å². The summed E-state index contributed by atoms with van der Waals surface area (Å²) < 4.78 is 17.1. The molecule has 0 fully saturated rings. The topological polar surface area (TPSA) is 74.5 Å². The molecule has 1 aromatic carbocycles. The molecule has 2 aromatic heterocycles. The van der Waals surface area contributed by atoms with Crippen molar-refractivity contribution in [2.75, 3.05) is 7.11 Å². The van der Waals surface area contributed by atoms with Crippen LogP contribution in [-0.4, -0.2) is 29.5 Å². The van der Waals surface area contributed by atoms with E-state index in [2.05, 4.69) is 4.98 Å². The zero-order valence-corrected chi connectivity index (χ0v) is 18.3. The number of hydrogen-bond donors (Lipinski definition) is 0. The maximum absolute atomic E-state index is 11.9. The number of aryl methyl sites for hydroxylation is 1. The number of methoxy groups -OCH3 is 1. The van der Waals surface area contributed by atoms with E-state index in [1.54, 1.807) is 19.6 Å². The van der Waals surface area contributed by atoms with Crippen LogP contribution in [0.25, 0.3) is 11.5 Å². The molecule has 0 aliphatic rings. The van der Waals surface area contributed by atoms with E-state index in [0.29, 0.717) is 23.1 Å². The van der Waals surface area contributed by atoms with E-state index in [-0.39, 0.29) is 12.0 Å². The summed E-state index contributed by atoms with van der Waals surface area (Å²) in [4.78, 5) is 21.2. The molecule has 0 saturated carbocycles. The van der Waals surface area contributed by atoms with Crippen LogP contribution < -0.4 is 9.47 Å². The first-order valence-corrected chi connectivity index (χ1v) is 9.95. The summed E-state index contributed by atoms with van der Waals surface area (Å²) in [5.74, 6) is 1.37. The summed E-state index contributed by atoms with van der Waals surface area (Å²) in [6.45, 7) is 9.66. The molecule has 0 amide bonds. The van der Waals surface area contributed by atoms with Gasteiger partial charge in [0.25, 0.3) is 0 Å². The van der Waals surface area contributed by atoms with Crippen molar-refractivity contribution >= 4 is 6.29 Å². The number of hydrogen-bond acceptors (Lipinski definition) is 6. The lowest BCUT2D eigenvalue weighted by molar-refractivity contribution is -0.115. The molecule has 0 N–H and O–H groups in total. The van der Waals surface area contributed by atoms with Gasteiger partial charge in [0, 0.05) is 17.2 Å². The van der Waals surface area contributed by atoms with Gasteiger partial charge >= 0.3 is 0 Å². The maximum atomic E-state index is 11.9. The lowest BCUT2D eigenvalue weighted by Crippen LogP contribution is -2.26. The minimum absolute atomic E-state index is 0.000766. The van der Waals surface area contributed by atoms with Crippen molar-refractivity contribution in [2.24, 2.45) is 5.41 Å². The summed E-state index contributed by atoms with van der Waals surface area (Å²) in [7, 11) is 1.60. The Bertz CT molecular complexity index is 1020. The number of carbonyl (C=O) groups is 1. The second-order valence-corrected chi connectivity index (χ2v) is 8.19. The number of nitrogens with zero attached hydrogens (tertiary/aromatic N) is 2. The van der Waals surface area contributed by atoms with Gasteiger partial charge in [-0.1, -0.05) is 19.9 Å². The average Bonchev–Trinajstić information content (AvgIpc) is 3.18. The van der Waals surface area contributed by atoms with Crippen LogP contribution in [0.4, 0.5) is 0 Å². The van der Waals surface area contributed by atoms with E-state index in [1.165, 1.54) is 0 Å². The van der Waals surface area contributed by atoms with Gasteiger partial charge in [0.15, 0.2) is 11.5 Å². The number of aromatic nitrogens is 2. The molecular formula is C24H28N2O4. The van der Waals surface area contributed by atoms with Gasteiger partial charge in [-0.3, -0.25) is 4.98 Å². The number of pyridine rings is 1. The highest BCUT2D eigenvalue weighted by atomic mass is 16.5. The molecule has 0 radical (unpaired) electrons. The minimum Gasteiger partial charge on any atom is -0.493 e. The molecule has 3 aromatic rings. The first kappa shape index (κ1) is 21.6. The third-order valence-corrected chi connectivity index (χ3v) is 4.96. The molecule has 1 unspecified atom stereocenters. The van der Waals surface area contributed by atoms with Gasteiger partial charge in [-0.25, -0.2) is 4.98 Å². The van der Waals surface area contributed by atoms with E-state index in [1.807, 2.05) is 65.0 Å². The molecule has 0 aliphatic carbocycles. The predicted octanol–water partition coefficient (Wildman–Crippen LogP) is 5.20. The first-order valence-electron chi connectivity index (χ1n) is 9.95. The lowest BCUT2D eigenvalue weighted by Gasteiger charge is -2.28. The standard InChI is InChI=1S/C24H28N2O4/c1-15(2)30-20-12-17(9-10-19(20)28-6)23-26-18(13-29-23)21(24(4,5)14-27)22-16(3)8-7-11-25-22/h7-15,21H,1-6H3. The van der Waals surface area contributed by atoms with Gasteiger partial charge in [-0.2, -0.15) is 0 Å². The van der Waals surface area contributed by atoms with Crippen molar-refractivity contribution in [3.05, 3.63) is 59.7 Å². The molecule has 0 bridgehead atoms. The summed E-state index contributed by atoms with van der Waals surface area (Å²) in [5, 5.41) is 0. The van der Waals surface area contributed by atoms with Crippen molar-refractivity contribution < 1.29 is 18.7 Å². The molecular weight excluding hydrogens is 380 g/mol. The van der Waals surface area contributed by atoms with Gasteiger partial charge in [0.2, 0.25) is 5.89 Å². The van der Waals surface area contributed by atoms with Crippen LogP contribution in [-0.2, 0) is 4.79 Å². The number of oxazole rings is 1. The van der Waals surface area contributed by atoms with Crippen molar-refractivity contribution in [3.63, 3.8) is 0 Å². The largest absolute Gasteiger partial charge is 0.493 e. The van der Waals surface area contributed by atoms with Gasteiger partial charge in [-0.05, 0) is 50.6 Å². The lowest BCUT2D eigenvalue weighted by atomic mass is 9.75. The molecule has 2 heterocycles. The number of aldehydes is 1. The zero-order chi connectivity index (χ0) is 21.9. The SMILES string of the molecule is COc1ccc(-c2nc(C(c3ncccc3C)C(C)(C)C=O)co2)cc1OC(C)C. The Morgan fingerprint density at radius 2 is 1.93 bits per heavy atom. The Morgan fingerprint density at radius 1 is 1.17 bits per heavy atom. The number of carbonyl (C=O) groups excluding carboxylic acids is 1. The molecule has 3 rings (SSSR count). The summed E-state index contributed by atoms with van der Waals surface area (Å²) >= 11 is 0. The monoisotopic (exact) mass is 408 g/mol. The second-order valence-electron chi connectivity index (χ2n) is 8.19. The Morgan fingerprint density at radius 3 is 2.57 bits per heavy atom. The molecule has 158 valence electrons. The van der Waals surface area contributed by atoms with Crippen molar-refractivity contribution in [3.8, 4) is 23.0 Å². The highest BCUT2D eigenvalue weighted by Gasteiger charge is 2.36. The third-order valence-electron chi connectivity index (χ3n) is 4.96. The van der Waals surface area contributed by atoms with Crippen LogP contribution in [0.2, 0.25) is 0 Å². The van der Waals surface area contributed by atoms with Crippen LogP contribution in [0.3, 0.4) is 0 Å². The summed E-state index contributed by atoms with van der Waals surface area (Å²) in [5.41, 5.74) is 2.52. The molecule has 6 heteroatoms. The van der Waals surface area contributed by atoms with E-state index in [9.17, 15) is 4.79 Å². The number of benzene rings is 1. The highest BCUT2D eigenvalue weighted by Crippen LogP contribution is 2.41. The van der Waals surface area contributed by atoms with Gasteiger partial charge in [0.05, 0.1) is 30.5 Å². The molecule has 0 spiro atoms. The minimum atomic E-state index is -0.709. The van der Waals surface area contributed by atoms with Crippen LogP contribution in [0.1, 0.15) is 50.6 Å². The van der Waals surface area contributed by atoms with Crippen LogP contribution in [0.15, 0.2) is 47.2 Å².